The predicted octanol–water partition coefficient (Wildman–Crippen LogP) is 0.968. The number of rotatable bonds is 4. The molecular formula is C15H23N5O2S. The summed E-state index contributed by atoms with van der Waals surface area (Å²) in [6.07, 6.45) is 4.49. The summed E-state index contributed by atoms with van der Waals surface area (Å²) in [4.78, 5) is 26.3. The molecule has 0 spiro atoms. The van der Waals surface area contributed by atoms with Gasteiger partial charge in [0, 0.05) is 32.4 Å². The summed E-state index contributed by atoms with van der Waals surface area (Å²) >= 11 is 1.93. The van der Waals surface area contributed by atoms with Crippen molar-refractivity contribution in [1.29, 1.82) is 0 Å². The van der Waals surface area contributed by atoms with Gasteiger partial charge in [0.1, 0.15) is 6.04 Å². The van der Waals surface area contributed by atoms with Gasteiger partial charge in [0.2, 0.25) is 0 Å². The number of hydrogen-bond donors (Lipinski definition) is 2. The summed E-state index contributed by atoms with van der Waals surface area (Å²) in [6.45, 7) is 1.33. The van der Waals surface area contributed by atoms with Crippen LogP contribution in [-0.2, 0) is 11.8 Å². The van der Waals surface area contributed by atoms with Gasteiger partial charge in [-0.2, -0.15) is 16.9 Å². The second-order valence-electron chi connectivity index (χ2n) is 6.12. The first-order valence-electron chi connectivity index (χ1n) is 8.06. The molecule has 7 nitrogen and oxygen atoms in total. The average molecular weight is 337 g/mol. The Morgan fingerprint density at radius 2 is 2.35 bits per heavy atom. The summed E-state index contributed by atoms with van der Waals surface area (Å²) in [6, 6.07) is 1.10. The summed E-state index contributed by atoms with van der Waals surface area (Å²) < 4.78 is 1.67. The van der Waals surface area contributed by atoms with Crippen molar-refractivity contribution in [3.63, 3.8) is 0 Å². The second-order valence-corrected chi connectivity index (χ2v) is 7.27. The molecule has 3 rings (SSSR count). The standard InChI is InChI=1S/C15H23N5O2S/c1-19-7-4-13(18-19)20-6-2-3-12(14(20)21)17-15(22)16-9-11-5-8-23-10-11/h4,7,11-12H,2-3,5-6,8-10H2,1H3,(H2,16,17,22)/t11-,12-/m0/s1. The number of amides is 3. The van der Waals surface area contributed by atoms with E-state index in [2.05, 4.69) is 15.7 Å². The fourth-order valence-corrected chi connectivity index (χ4v) is 4.26. The van der Waals surface area contributed by atoms with Crippen LogP contribution in [-0.4, -0.2) is 52.4 Å². The number of nitrogens with one attached hydrogen (secondary N) is 2. The molecule has 0 bridgehead atoms. The number of carbonyl (C=O) groups is 2. The highest BCUT2D eigenvalue weighted by molar-refractivity contribution is 7.99. The molecule has 0 aliphatic carbocycles. The molecule has 3 amide bonds. The van der Waals surface area contributed by atoms with Crippen LogP contribution in [0.5, 0.6) is 0 Å². The van der Waals surface area contributed by atoms with E-state index in [4.69, 9.17) is 0 Å². The normalized spacial score (nSPS) is 24.7. The van der Waals surface area contributed by atoms with Gasteiger partial charge in [0.25, 0.3) is 5.91 Å². The quantitative estimate of drug-likeness (QED) is 0.858. The van der Waals surface area contributed by atoms with Gasteiger partial charge in [-0.1, -0.05) is 0 Å². The highest BCUT2D eigenvalue weighted by Gasteiger charge is 2.31. The van der Waals surface area contributed by atoms with Crippen LogP contribution >= 0.6 is 11.8 Å². The number of nitrogens with zero attached hydrogens (tertiary/aromatic N) is 3. The third kappa shape index (κ3) is 3.99. The molecule has 23 heavy (non-hydrogen) atoms. The van der Waals surface area contributed by atoms with Gasteiger partial charge in [0.15, 0.2) is 5.82 Å². The van der Waals surface area contributed by atoms with Crippen LogP contribution in [0.15, 0.2) is 12.3 Å². The fraction of sp³-hybridized carbons (Fsp3) is 0.667. The molecule has 0 aromatic carbocycles. The number of hydrogen-bond acceptors (Lipinski definition) is 4. The van der Waals surface area contributed by atoms with Crippen LogP contribution in [0.1, 0.15) is 19.3 Å². The van der Waals surface area contributed by atoms with Gasteiger partial charge in [-0.15, -0.1) is 0 Å². The molecule has 8 heteroatoms. The van der Waals surface area contributed by atoms with E-state index in [0.717, 1.165) is 18.6 Å². The van der Waals surface area contributed by atoms with Crippen molar-refractivity contribution < 1.29 is 9.59 Å². The van der Waals surface area contributed by atoms with E-state index in [1.807, 2.05) is 31.1 Å². The summed E-state index contributed by atoms with van der Waals surface area (Å²) in [5.74, 6) is 3.40. The van der Waals surface area contributed by atoms with Crippen LogP contribution in [0, 0.1) is 5.92 Å². The maximum absolute atomic E-state index is 12.6. The van der Waals surface area contributed by atoms with Crippen LogP contribution < -0.4 is 15.5 Å². The fourth-order valence-electron chi connectivity index (χ4n) is 2.97. The highest BCUT2D eigenvalue weighted by atomic mass is 32.2. The predicted molar refractivity (Wildman–Crippen MR) is 90.5 cm³/mol. The van der Waals surface area contributed by atoms with E-state index < -0.39 is 6.04 Å². The van der Waals surface area contributed by atoms with Gasteiger partial charge in [0.05, 0.1) is 0 Å². The van der Waals surface area contributed by atoms with E-state index >= 15 is 0 Å². The van der Waals surface area contributed by atoms with Crippen molar-refractivity contribution in [3.8, 4) is 0 Å². The maximum Gasteiger partial charge on any atom is 0.315 e. The number of anilines is 1. The lowest BCUT2D eigenvalue weighted by Gasteiger charge is -2.31. The monoisotopic (exact) mass is 337 g/mol. The zero-order valence-corrected chi connectivity index (χ0v) is 14.1. The minimum absolute atomic E-state index is 0.0819. The summed E-state index contributed by atoms with van der Waals surface area (Å²) in [5.41, 5.74) is 0. The number of piperidine rings is 1. The van der Waals surface area contributed by atoms with Gasteiger partial charge in [-0.05, 0) is 36.7 Å². The van der Waals surface area contributed by atoms with Crippen LogP contribution in [0.3, 0.4) is 0 Å². The van der Waals surface area contributed by atoms with E-state index in [0.29, 0.717) is 31.2 Å². The Kier molecular flexibility index (Phi) is 5.09. The lowest BCUT2D eigenvalue weighted by Crippen LogP contribution is -2.55. The first kappa shape index (κ1) is 16.2. The first-order valence-corrected chi connectivity index (χ1v) is 9.22. The highest BCUT2D eigenvalue weighted by Crippen LogP contribution is 2.22. The van der Waals surface area contributed by atoms with Gasteiger partial charge in [-0.25, -0.2) is 4.79 Å². The van der Waals surface area contributed by atoms with Crippen LogP contribution in [0.2, 0.25) is 0 Å². The Morgan fingerprint density at radius 1 is 1.48 bits per heavy atom. The minimum atomic E-state index is -0.469. The summed E-state index contributed by atoms with van der Waals surface area (Å²) in [7, 11) is 1.82. The molecule has 0 saturated carbocycles. The van der Waals surface area contributed by atoms with Crippen molar-refractivity contribution in [1.82, 2.24) is 20.4 Å². The van der Waals surface area contributed by atoms with E-state index in [9.17, 15) is 9.59 Å². The van der Waals surface area contributed by atoms with Crippen LogP contribution in [0.25, 0.3) is 0 Å². The Bertz CT molecular complexity index is 570. The minimum Gasteiger partial charge on any atom is -0.338 e. The molecule has 2 aliphatic heterocycles. The van der Waals surface area contributed by atoms with Crippen molar-refractivity contribution >= 4 is 29.5 Å². The lowest BCUT2D eigenvalue weighted by atomic mass is 10.0. The Morgan fingerprint density at radius 3 is 3.04 bits per heavy atom. The lowest BCUT2D eigenvalue weighted by molar-refractivity contribution is -0.121. The first-order chi connectivity index (χ1) is 11.1. The molecule has 2 N–H and O–H groups in total. The molecule has 3 heterocycles. The molecule has 1 aromatic rings. The van der Waals surface area contributed by atoms with Crippen molar-refractivity contribution in [2.45, 2.75) is 25.3 Å². The zero-order valence-electron chi connectivity index (χ0n) is 13.3. The maximum atomic E-state index is 12.6. The molecule has 2 aliphatic rings. The number of aryl methyl sites for hydroxylation is 1. The number of urea groups is 1. The topological polar surface area (TPSA) is 79.3 Å². The smallest absolute Gasteiger partial charge is 0.315 e. The Hall–Kier alpha value is -1.70. The molecule has 126 valence electrons. The Labute approximate surface area is 140 Å². The molecule has 2 atom stereocenters. The molecular weight excluding hydrogens is 314 g/mol. The third-order valence-electron chi connectivity index (χ3n) is 4.30. The average Bonchev–Trinajstić information content (AvgIpc) is 3.19. The molecule has 2 fully saturated rings. The molecule has 0 unspecified atom stereocenters. The third-order valence-corrected chi connectivity index (χ3v) is 5.53. The second kappa shape index (κ2) is 7.25. The number of carbonyl (C=O) groups excluding carboxylic acids is 2. The van der Waals surface area contributed by atoms with Crippen molar-refractivity contribution in [3.05, 3.63) is 12.3 Å². The van der Waals surface area contributed by atoms with Crippen LogP contribution in [0.4, 0.5) is 10.6 Å². The molecule has 0 radical (unpaired) electrons. The van der Waals surface area contributed by atoms with Crippen molar-refractivity contribution in [2.24, 2.45) is 13.0 Å². The van der Waals surface area contributed by atoms with Gasteiger partial charge < -0.3 is 10.6 Å². The molecule has 2 saturated heterocycles. The summed E-state index contributed by atoms with van der Waals surface area (Å²) in [5, 5.41) is 9.99. The van der Waals surface area contributed by atoms with Crippen molar-refractivity contribution in [2.75, 3.05) is 29.5 Å². The van der Waals surface area contributed by atoms with Gasteiger partial charge in [-0.3, -0.25) is 14.4 Å². The largest absolute Gasteiger partial charge is 0.338 e. The number of aromatic nitrogens is 2. The van der Waals surface area contributed by atoms with E-state index in [1.165, 1.54) is 5.75 Å². The van der Waals surface area contributed by atoms with E-state index in [-0.39, 0.29) is 11.9 Å². The number of thioether (sulfide) groups is 1. The molecule has 1 aromatic heterocycles. The zero-order chi connectivity index (χ0) is 16.2. The van der Waals surface area contributed by atoms with Gasteiger partial charge >= 0.3 is 6.03 Å². The SMILES string of the molecule is Cn1ccc(N2CCC[C@H](NC(=O)NC[C@@H]3CCSC3)C2=O)n1. The Balaban J connectivity index is 1.52. The van der Waals surface area contributed by atoms with E-state index in [1.54, 1.807) is 9.58 Å².